The molecule has 0 aliphatic carbocycles. The first kappa shape index (κ1) is 12.7. The summed E-state index contributed by atoms with van der Waals surface area (Å²) in [5.74, 6) is 0.416. The van der Waals surface area contributed by atoms with Gasteiger partial charge in [-0.3, -0.25) is 4.79 Å². The molecule has 0 heterocycles. The molecule has 0 saturated heterocycles. The van der Waals surface area contributed by atoms with Crippen molar-refractivity contribution in [2.45, 2.75) is 26.3 Å². The van der Waals surface area contributed by atoms with Crippen molar-refractivity contribution in [3.05, 3.63) is 35.9 Å². The standard InChI is InChI=1S/C13H20N2O/c1-10(2)12(14)9-15-13(16)8-11-6-4-3-5-7-11/h3-7,10,12H,8-9,14H2,1-2H3,(H,15,16)/t12-/m1/s1. The highest BCUT2D eigenvalue weighted by Gasteiger charge is 2.09. The quantitative estimate of drug-likeness (QED) is 0.786. The molecule has 0 bridgehead atoms. The fraction of sp³-hybridized carbons (Fsp3) is 0.462. The summed E-state index contributed by atoms with van der Waals surface area (Å²) in [5, 5.41) is 2.85. The van der Waals surface area contributed by atoms with Crippen LogP contribution in [0.15, 0.2) is 30.3 Å². The molecule has 0 saturated carbocycles. The second kappa shape index (κ2) is 6.28. The minimum absolute atomic E-state index is 0.0275. The first-order valence-electron chi connectivity index (χ1n) is 5.66. The average molecular weight is 220 g/mol. The zero-order valence-corrected chi connectivity index (χ0v) is 9.94. The smallest absolute Gasteiger partial charge is 0.224 e. The van der Waals surface area contributed by atoms with Crippen LogP contribution in [0.2, 0.25) is 0 Å². The Hall–Kier alpha value is -1.35. The molecule has 16 heavy (non-hydrogen) atoms. The number of nitrogens with two attached hydrogens (primary N) is 1. The van der Waals surface area contributed by atoms with E-state index in [-0.39, 0.29) is 11.9 Å². The average Bonchev–Trinajstić information content (AvgIpc) is 2.27. The van der Waals surface area contributed by atoms with Gasteiger partial charge in [0.25, 0.3) is 0 Å². The van der Waals surface area contributed by atoms with Crippen LogP contribution in [-0.2, 0) is 11.2 Å². The molecule has 1 amide bonds. The maximum atomic E-state index is 11.6. The van der Waals surface area contributed by atoms with Crippen molar-refractivity contribution in [1.29, 1.82) is 0 Å². The van der Waals surface area contributed by atoms with Crippen LogP contribution in [0.3, 0.4) is 0 Å². The largest absolute Gasteiger partial charge is 0.354 e. The number of hydrogen-bond acceptors (Lipinski definition) is 2. The van der Waals surface area contributed by atoms with Gasteiger partial charge in [0.05, 0.1) is 6.42 Å². The monoisotopic (exact) mass is 220 g/mol. The van der Waals surface area contributed by atoms with E-state index in [9.17, 15) is 4.79 Å². The van der Waals surface area contributed by atoms with Crippen molar-refractivity contribution < 1.29 is 4.79 Å². The van der Waals surface area contributed by atoms with Gasteiger partial charge in [0.1, 0.15) is 0 Å². The van der Waals surface area contributed by atoms with E-state index in [0.29, 0.717) is 18.9 Å². The molecule has 0 spiro atoms. The highest BCUT2D eigenvalue weighted by Crippen LogP contribution is 2.00. The van der Waals surface area contributed by atoms with E-state index in [4.69, 9.17) is 5.73 Å². The second-order valence-corrected chi connectivity index (χ2v) is 4.37. The van der Waals surface area contributed by atoms with Gasteiger partial charge in [0.2, 0.25) is 5.91 Å². The molecule has 0 aromatic heterocycles. The number of nitrogens with one attached hydrogen (secondary N) is 1. The van der Waals surface area contributed by atoms with Gasteiger partial charge in [-0.1, -0.05) is 44.2 Å². The highest BCUT2D eigenvalue weighted by atomic mass is 16.1. The molecular weight excluding hydrogens is 200 g/mol. The lowest BCUT2D eigenvalue weighted by atomic mass is 10.1. The van der Waals surface area contributed by atoms with E-state index in [1.165, 1.54) is 0 Å². The Bertz CT molecular complexity index is 322. The Balaban J connectivity index is 2.32. The molecule has 0 fully saturated rings. The molecule has 0 aliphatic rings. The molecule has 0 aliphatic heterocycles. The molecule has 0 radical (unpaired) electrons. The van der Waals surface area contributed by atoms with E-state index in [1.807, 2.05) is 44.2 Å². The third-order valence-corrected chi connectivity index (χ3v) is 2.60. The van der Waals surface area contributed by atoms with Crippen LogP contribution >= 0.6 is 0 Å². The second-order valence-electron chi connectivity index (χ2n) is 4.37. The molecular formula is C13H20N2O. The Morgan fingerprint density at radius 1 is 1.31 bits per heavy atom. The van der Waals surface area contributed by atoms with Crippen molar-refractivity contribution in [2.24, 2.45) is 11.7 Å². The third kappa shape index (κ3) is 4.45. The molecule has 1 rings (SSSR count). The molecule has 3 heteroatoms. The molecule has 1 aromatic carbocycles. The minimum atomic E-state index is 0.0275. The van der Waals surface area contributed by atoms with E-state index in [1.54, 1.807) is 0 Å². The van der Waals surface area contributed by atoms with Crippen molar-refractivity contribution in [2.75, 3.05) is 6.54 Å². The van der Waals surface area contributed by atoms with E-state index >= 15 is 0 Å². The lowest BCUT2D eigenvalue weighted by molar-refractivity contribution is -0.120. The van der Waals surface area contributed by atoms with Crippen LogP contribution in [0.4, 0.5) is 0 Å². The maximum Gasteiger partial charge on any atom is 0.224 e. The molecule has 1 atom stereocenters. The first-order chi connectivity index (χ1) is 7.59. The summed E-state index contributed by atoms with van der Waals surface area (Å²) in [6.45, 7) is 4.64. The van der Waals surface area contributed by atoms with Crippen molar-refractivity contribution >= 4 is 5.91 Å². The van der Waals surface area contributed by atoms with Gasteiger partial charge in [-0.15, -0.1) is 0 Å². The lowest BCUT2D eigenvalue weighted by Crippen LogP contribution is -2.40. The van der Waals surface area contributed by atoms with Crippen LogP contribution < -0.4 is 11.1 Å². The summed E-state index contributed by atoms with van der Waals surface area (Å²) in [4.78, 5) is 11.6. The molecule has 88 valence electrons. The number of amides is 1. The predicted octanol–water partition coefficient (Wildman–Crippen LogP) is 1.33. The van der Waals surface area contributed by atoms with Gasteiger partial charge < -0.3 is 11.1 Å². The SMILES string of the molecule is CC(C)[C@H](N)CNC(=O)Cc1ccccc1. The van der Waals surface area contributed by atoms with Gasteiger partial charge in [0.15, 0.2) is 0 Å². The molecule has 3 nitrogen and oxygen atoms in total. The van der Waals surface area contributed by atoms with Crippen LogP contribution in [0.5, 0.6) is 0 Å². The molecule has 0 unspecified atom stereocenters. The topological polar surface area (TPSA) is 55.1 Å². The summed E-state index contributed by atoms with van der Waals surface area (Å²) in [6, 6.07) is 9.73. The van der Waals surface area contributed by atoms with E-state index in [0.717, 1.165) is 5.56 Å². The third-order valence-electron chi connectivity index (χ3n) is 2.60. The minimum Gasteiger partial charge on any atom is -0.354 e. The van der Waals surface area contributed by atoms with Gasteiger partial charge in [-0.2, -0.15) is 0 Å². The lowest BCUT2D eigenvalue weighted by Gasteiger charge is -2.16. The number of rotatable bonds is 5. The van der Waals surface area contributed by atoms with Crippen LogP contribution in [0, 0.1) is 5.92 Å². The number of carbonyl (C=O) groups is 1. The normalized spacial score (nSPS) is 12.5. The van der Waals surface area contributed by atoms with Crippen molar-refractivity contribution in [3.63, 3.8) is 0 Å². The zero-order chi connectivity index (χ0) is 12.0. The number of hydrogen-bond donors (Lipinski definition) is 2. The summed E-state index contributed by atoms with van der Waals surface area (Å²) in [6.07, 6.45) is 0.422. The summed E-state index contributed by atoms with van der Waals surface area (Å²) < 4.78 is 0. The Morgan fingerprint density at radius 3 is 2.50 bits per heavy atom. The fourth-order valence-corrected chi connectivity index (χ4v) is 1.31. The zero-order valence-electron chi connectivity index (χ0n) is 9.94. The van der Waals surface area contributed by atoms with Crippen LogP contribution in [-0.4, -0.2) is 18.5 Å². The summed E-state index contributed by atoms with van der Waals surface area (Å²) >= 11 is 0. The van der Waals surface area contributed by atoms with Crippen molar-refractivity contribution in [1.82, 2.24) is 5.32 Å². The molecule has 3 N–H and O–H groups in total. The highest BCUT2D eigenvalue weighted by molar-refractivity contribution is 5.78. The maximum absolute atomic E-state index is 11.6. The predicted molar refractivity (Wildman–Crippen MR) is 66.0 cm³/mol. The Kier molecular flexibility index (Phi) is 4.99. The van der Waals surface area contributed by atoms with Gasteiger partial charge in [0, 0.05) is 12.6 Å². The van der Waals surface area contributed by atoms with Crippen molar-refractivity contribution in [3.8, 4) is 0 Å². The van der Waals surface area contributed by atoms with Gasteiger partial charge in [-0.25, -0.2) is 0 Å². The number of benzene rings is 1. The van der Waals surface area contributed by atoms with E-state index < -0.39 is 0 Å². The van der Waals surface area contributed by atoms with Crippen LogP contribution in [0.25, 0.3) is 0 Å². The van der Waals surface area contributed by atoms with E-state index in [2.05, 4.69) is 5.32 Å². The molecule has 1 aromatic rings. The van der Waals surface area contributed by atoms with Crippen LogP contribution in [0.1, 0.15) is 19.4 Å². The summed E-state index contributed by atoms with van der Waals surface area (Å²) in [7, 11) is 0. The summed E-state index contributed by atoms with van der Waals surface area (Å²) in [5.41, 5.74) is 6.87. The number of carbonyl (C=O) groups excluding carboxylic acids is 1. The fourth-order valence-electron chi connectivity index (χ4n) is 1.31. The first-order valence-corrected chi connectivity index (χ1v) is 5.66. The Morgan fingerprint density at radius 2 is 1.94 bits per heavy atom. The Labute approximate surface area is 97.0 Å². The van der Waals surface area contributed by atoms with Gasteiger partial charge >= 0.3 is 0 Å². The van der Waals surface area contributed by atoms with Gasteiger partial charge in [-0.05, 0) is 11.5 Å².